The monoisotopic (exact) mass is 520 g/mol. The number of halogens is 4. The number of amides is 4. The Bertz CT molecular complexity index is 1190. The van der Waals surface area contributed by atoms with E-state index in [1.165, 1.54) is 24.1 Å². The van der Waals surface area contributed by atoms with Gasteiger partial charge in [0, 0.05) is 35.2 Å². The molecule has 0 fully saturated rings. The lowest BCUT2D eigenvalue weighted by Crippen LogP contribution is -2.38. The molecule has 3 aromatic rings. The van der Waals surface area contributed by atoms with Gasteiger partial charge in [-0.3, -0.25) is 4.90 Å². The molecule has 0 radical (unpaired) electrons. The van der Waals surface area contributed by atoms with Crippen LogP contribution in [-0.2, 0) is 6.18 Å². The van der Waals surface area contributed by atoms with Crippen molar-refractivity contribution >= 4 is 40.7 Å². The summed E-state index contributed by atoms with van der Waals surface area (Å²) in [5, 5.41) is 8.22. The van der Waals surface area contributed by atoms with Crippen molar-refractivity contribution in [2.75, 3.05) is 35.7 Å². The van der Waals surface area contributed by atoms with Crippen molar-refractivity contribution in [2.24, 2.45) is 0 Å². The molecule has 3 N–H and O–H groups in total. The van der Waals surface area contributed by atoms with Crippen molar-refractivity contribution in [3.63, 3.8) is 0 Å². The Balaban J connectivity index is 1.59. The summed E-state index contributed by atoms with van der Waals surface area (Å²) in [6, 6.07) is 16.9. The van der Waals surface area contributed by atoms with E-state index >= 15 is 0 Å². The molecule has 0 aliphatic carbocycles. The van der Waals surface area contributed by atoms with E-state index in [0.717, 1.165) is 12.1 Å². The molecule has 36 heavy (non-hydrogen) atoms. The number of urea groups is 2. The molecule has 0 bridgehead atoms. The zero-order chi connectivity index (χ0) is 26.1. The number of nitrogens with zero attached hydrogens (tertiary/aromatic N) is 1. The fraction of sp³-hybridized carbons (Fsp3) is 0.200. The van der Waals surface area contributed by atoms with Gasteiger partial charge in [-0.15, -0.1) is 0 Å². The predicted octanol–water partition coefficient (Wildman–Crippen LogP) is 6.62. The summed E-state index contributed by atoms with van der Waals surface area (Å²) in [7, 11) is 1.54. The largest absolute Gasteiger partial charge is 0.497 e. The van der Waals surface area contributed by atoms with Gasteiger partial charge >= 0.3 is 18.2 Å². The first kappa shape index (κ1) is 26.7. The average molecular weight is 521 g/mol. The van der Waals surface area contributed by atoms with Crippen molar-refractivity contribution in [1.82, 2.24) is 5.32 Å². The molecule has 190 valence electrons. The molecule has 4 amide bonds. The molecule has 0 aliphatic rings. The summed E-state index contributed by atoms with van der Waals surface area (Å²) in [4.78, 5) is 26.6. The molecule has 11 heteroatoms. The van der Waals surface area contributed by atoms with Gasteiger partial charge in [0.25, 0.3) is 0 Å². The van der Waals surface area contributed by atoms with E-state index in [0.29, 0.717) is 28.6 Å². The van der Waals surface area contributed by atoms with Crippen LogP contribution >= 0.6 is 11.6 Å². The highest BCUT2D eigenvalue weighted by atomic mass is 35.5. The van der Waals surface area contributed by atoms with E-state index < -0.39 is 23.8 Å². The lowest BCUT2D eigenvalue weighted by Gasteiger charge is -2.24. The van der Waals surface area contributed by atoms with Gasteiger partial charge in [-0.05, 0) is 67.1 Å². The smallest absolute Gasteiger partial charge is 0.416 e. The standard InChI is InChI=1S/C25H24ClF3N4O3/c1-36-22-11-9-21(10-12-22)33(24(35)32-20-8-3-6-18(26)16-20)14-4-13-30-23(34)31-19-7-2-5-17(15-19)25(27,28)29/h2-3,5-12,15-16H,4,13-14H2,1H3,(H,32,35)(H2,30,31,34). The third-order valence-electron chi connectivity index (χ3n) is 5.00. The van der Waals surface area contributed by atoms with Gasteiger partial charge in [-0.1, -0.05) is 23.7 Å². The number of carbonyl (C=O) groups excluding carboxylic acids is 2. The number of rotatable bonds is 8. The Morgan fingerprint density at radius 3 is 2.25 bits per heavy atom. The molecule has 3 rings (SSSR count). The van der Waals surface area contributed by atoms with Gasteiger partial charge in [-0.2, -0.15) is 13.2 Å². The van der Waals surface area contributed by atoms with E-state index in [1.807, 2.05) is 0 Å². The van der Waals surface area contributed by atoms with Crippen LogP contribution in [0.25, 0.3) is 0 Å². The first-order valence-electron chi connectivity index (χ1n) is 10.9. The molecule has 0 heterocycles. The highest BCUT2D eigenvalue weighted by Gasteiger charge is 2.30. The van der Waals surface area contributed by atoms with Crippen LogP contribution in [-0.4, -0.2) is 32.3 Å². The van der Waals surface area contributed by atoms with Gasteiger partial charge in [0.1, 0.15) is 5.75 Å². The lowest BCUT2D eigenvalue weighted by atomic mass is 10.2. The van der Waals surface area contributed by atoms with E-state index in [9.17, 15) is 22.8 Å². The molecule has 0 aromatic heterocycles. The summed E-state index contributed by atoms with van der Waals surface area (Å²) in [5.74, 6) is 0.627. The molecule has 0 atom stereocenters. The summed E-state index contributed by atoms with van der Waals surface area (Å²) in [5.41, 5.74) is 0.276. The van der Waals surface area contributed by atoms with Crippen molar-refractivity contribution in [2.45, 2.75) is 12.6 Å². The third-order valence-corrected chi connectivity index (χ3v) is 5.23. The van der Waals surface area contributed by atoms with Crippen LogP contribution in [0.15, 0.2) is 72.8 Å². The molecular weight excluding hydrogens is 497 g/mol. The Kier molecular flexibility index (Phi) is 9.02. The van der Waals surface area contributed by atoms with E-state index in [4.69, 9.17) is 16.3 Å². The Morgan fingerprint density at radius 2 is 1.61 bits per heavy atom. The minimum absolute atomic E-state index is 0.0167. The van der Waals surface area contributed by atoms with Gasteiger partial charge in [0.05, 0.1) is 12.7 Å². The average Bonchev–Trinajstić information content (AvgIpc) is 2.84. The molecule has 7 nitrogen and oxygen atoms in total. The summed E-state index contributed by atoms with van der Waals surface area (Å²) < 4.78 is 43.7. The fourth-order valence-corrected chi connectivity index (χ4v) is 3.45. The Labute approximate surface area is 211 Å². The number of hydrogen-bond acceptors (Lipinski definition) is 3. The molecule has 0 saturated carbocycles. The second-order valence-corrected chi connectivity index (χ2v) is 8.04. The molecular formula is C25H24ClF3N4O3. The summed E-state index contributed by atoms with van der Waals surface area (Å²) >= 11 is 6.00. The zero-order valence-corrected chi connectivity index (χ0v) is 20.0. The molecule has 0 aliphatic heterocycles. The Morgan fingerprint density at radius 1 is 0.944 bits per heavy atom. The first-order valence-corrected chi connectivity index (χ1v) is 11.2. The second kappa shape index (κ2) is 12.2. The maximum Gasteiger partial charge on any atom is 0.416 e. The maximum atomic E-state index is 13.0. The summed E-state index contributed by atoms with van der Waals surface area (Å²) in [6.45, 7) is 0.407. The van der Waals surface area contributed by atoms with Crippen LogP contribution in [0.4, 0.5) is 39.8 Å². The van der Waals surface area contributed by atoms with Crippen molar-refractivity contribution in [1.29, 1.82) is 0 Å². The predicted molar refractivity (Wildman–Crippen MR) is 134 cm³/mol. The quantitative estimate of drug-likeness (QED) is 0.292. The van der Waals surface area contributed by atoms with Crippen LogP contribution in [0.1, 0.15) is 12.0 Å². The van der Waals surface area contributed by atoms with Crippen molar-refractivity contribution < 1.29 is 27.5 Å². The van der Waals surface area contributed by atoms with Crippen LogP contribution < -0.4 is 25.6 Å². The van der Waals surface area contributed by atoms with Crippen molar-refractivity contribution in [3.8, 4) is 5.75 Å². The van der Waals surface area contributed by atoms with Gasteiger partial charge in [-0.25, -0.2) is 9.59 Å². The highest BCUT2D eigenvalue weighted by Crippen LogP contribution is 2.30. The minimum atomic E-state index is -4.51. The van der Waals surface area contributed by atoms with Crippen LogP contribution in [0.2, 0.25) is 5.02 Å². The number of carbonyl (C=O) groups is 2. The van der Waals surface area contributed by atoms with Gasteiger partial charge in [0.15, 0.2) is 0 Å². The number of methoxy groups -OCH3 is 1. The summed E-state index contributed by atoms with van der Waals surface area (Å²) in [6.07, 6.45) is -4.14. The number of benzene rings is 3. The van der Waals surface area contributed by atoms with Crippen LogP contribution in [0, 0.1) is 0 Å². The van der Waals surface area contributed by atoms with Crippen molar-refractivity contribution in [3.05, 3.63) is 83.4 Å². The number of alkyl halides is 3. The number of anilines is 3. The first-order chi connectivity index (χ1) is 17.2. The van der Waals surface area contributed by atoms with E-state index in [1.54, 1.807) is 48.5 Å². The zero-order valence-electron chi connectivity index (χ0n) is 19.2. The normalized spacial score (nSPS) is 10.9. The SMILES string of the molecule is COc1ccc(N(CCCNC(=O)Nc2cccc(C(F)(F)F)c2)C(=O)Nc2cccc(Cl)c2)cc1. The number of ether oxygens (including phenoxy) is 1. The Hall–Kier alpha value is -3.92. The van der Waals surface area contributed by atoms with E-state index in [2.05, 4.69) is 16.0 Å². The fourth-order valence-electron chi connectivity index (χ4n) is 3.25. The lowest BCUT2D eigenvalue weighted by molar-refractivity contribution is -0.137. The highest BCUT2D eigenvalue weighted by molar-refractivity contribution is 6.30. The molecule has 3 aromatic carbocycles. The van der Waals surface area contributed by atoms with Crippen LogP contribution in [0.5, 0.6) is 5.75 Å². The van der Waals surface area contributed by atoms with E-state index in [-0.39, 0.29) is 18.8 Å². The minimum Gasteiger partial charge on any atom is -0.497 e. The maximum absolute atomic E-state index is 13.0. The topological polar surface area (TPSA) is 82.7 Å². The second-order valence-electron chi connectivity index (χ2n) is 7.60. The molecule has 0 spiro atoms. The molecule has 0 unspecified atom stereocenters. The van der Waals surface area contributed by atoms with Gasteiger partial charge in [0.2, 0.25) is 0 Å². The number of nitrogens with one attached hydrogen (secondary N) is 3. The molecule has 0 saturated heterocycles. The number of hydrogen-bond donors (Lipinski definition) is 3. The van der Waals surface area contributed by atoms with Crippen LogP contribution in [0.3, 0.4) is 0 Å². The third kappa shape index (κ3) is 7.81. The van der Waals surface area contributed by atoms with Gasteiger partial charge < -0.3 is 20.7 Å².